The number of methoxy groups -OCH3 is 1. The molecule has 0 bridgehead atoms. The monoisotopic (exact) mass is 276 g/mol. The van der Waals surface area contributed by atoms with Crippen LogP contribution in [0.15, 0.2) is 29.6 Å². The quantitative estimate of drug-likeness (QED) is 0.481. The van der Waals surface area contributed by atoms with Crippen molar-refractivity contribution in [1.29, 1.82) is 0 Å². The molecule has 0 aliphatic heterocycles. The molecular weight excluding hydrogens is 264 g/mol. The Morgan fingerprint density at radius 3 is 3.00 bits per heavy atom. The normalized spacial score (nSPS) is 10.7. The van der Waals surface area contributed by atoms with Crippen LogP contribution in [0.5, 0.6) is 17.4 Å². The number of nitrogens with zero attached hydrogens (tertiary/aromatic N) is 2. The second-order valence-electron chi connectivity index (χ2n) is 3.73. The number of amides is 1. The number of phenolic OH excluding ortho intramolecular Hbond substituents is 2. The van der Waals surface area contributed by atoms with Crippen LogP contribution < -0.4 is 10.2 Å². The molecule has 2 aromatic rings. The Labute approximate surface area is 113 Å². The van der Waals surface area contributed by atoms with Gasteiger partial charge in [0.25, 0.3) is 5.91 Å². The number of hydrazone groups is 1. The molecule has 1 heterocycles. The molecule has 8 nitrogen and oxygen atoms in total. The molecule has 1 amide bonds. The van der Waals surface area contributed by atoms with Gasteiger partial charge in [-0.3, -0.25) is 4.79 Å². The highest BCUT2D eigenvalue weighted by Crippen LogP contribution is 2.20. The van der Waals surface area contributed by atoms with Crippen LogP contribution in [0.1, 0.15) is 16.1 Å². The minimum absolute atomic E-state index is 0.0640. The van der Waals surface area contributed by atoms with Gasteiger partial charge < -0.3 is 19.9 Å². The van der Waals surface area contributed by atoms with Crippen molar-refractivity contribution in [2.75, 3.05) is 7.11 Å². The smallest absolute Gasteiger partial charge is 0.293 e. The molecule has 0 saturated heterocycles. The maximum atomic E-state index is 11.7. The third-order valence-electron chi connectivity index (χ3n) is 2.41. The van der Waals surface area contributed by atoms with Gasteiger partial charge in [0.05, 0.1) is 19.7 Å². The van der Waals surface area contributed by atoms with E-state index in [0.717, 1.165) is 0 Å². The number of benzene rings is 1. The van der Waals surface area contributed by atoms with Gasteiger partial charge in [-0.05, 0) is 12.1 Å². The van der Waals surface area contributed by atoms with Crippen molar-refractivity contribution in [3.05, 3.63) is 35.8 Å². The molecule has 0 unspecified atom stereocenters. The lowest BCUT2D eigenvalue weighted by atomic mass is 10.2. The lowest BCUT2D eigenvalue weighted by Crippen LogP contribution is -2.18. The number of aromatic nitrogens is 2. The van der Waals surface area contributed by atoms with Crippen LogP contribution in [0.25, 0.3) is 0 Å². The van der Waals surface area contributed by atoms with Crippen molar-refractivity contribution in [2.45, 2.75) is 0 Å². The Morgan fingerprint density at radius 1 is 1.50 bits per heavy atom. The standard InChI is InChI=1S/C12H12N4O4/c1-20-12-10(13-6-14-12)11(19)16-15-5-7-2-3-8(17)4-9(7)18/h2-6,17-18H,1H3,(H,13,14)(H,16,19)/b15-5-. The third kappa shape index (κ3) is 2.86. The number of aromatic hydroxyl groups is 2. The summed E-state index contributed by atoms with van der Waals surface area (Å²) in [5.74, 6) is -0.591. The Balaban J connectivity index is 2.05. The first-order chi connectivity index (χ1) is 9.61. The zero-order chi connectivity index (χ0) is 14.5. The van der Waals surface area contributed by atoms with Crippen LogP contribution in [0, 0.1) is 0 Å². The first-order valence-electron chi connectivity index (χ1n) is 5.54. The molecule has 1 aromatic heterocycles. The minimum atomic E-state index is -0.533. The van der Waals surface area contributed by atoms with Crippen LogP contribution in [-0.2, 0) is 0 Å². The van der Waals surface area contributed by atoms with Gasteiger partial charge in [-0.15, -0.1) is 0 Å². The van der Waals surface area contributed by atoms with Gasteiger partial charge >= 0.3 is 0 Å². The molecular formula is C12H12N4O4. The molecule has 2 rings (SSSR count). The molecule has 1 aromatic carbocycles. The van der Waals surface area contributed by atoms with Gasteiger partial charge in [-0.1, -0.05) is 0 Å². The average Bonchev–Trinajstić information content (AvgIpc) is 2.89. The number of phenols is 2. The fourth-order valence-electron chi connectivity index (χ4n) is 1.46. The number of aromatic amines is 1. The molecule has 0 aliphatic rings. The van der Waals surface area contributed by atoms with Gasteiger partial charge in [0.1, 0.15) is 11.5 Å². The summed E-state index contributed by atoms with van der Waals surface area (Å²) in [5.41, 5.74) is 2.74. The highest BCUT2D eigenvalue weighted by atomic mass is 16.5. The summed E-state index contributed by atoms with van der Waals surface area (Å²) in [5, 5.41) is 22.4. The Morgan fingerprint density at radius 2 is 2.30 bits per heavy atom. The highest BCUT2D eigenvalue weighted by molar-refractivity contribution is 5.95. The number of imidazole rings is 1. The Kier molecular flexibility index (Phi) is 3.85. The number of carbonyl (C=O) groups is 1. The summed E-state index contributed by atoms with van der Waals surface area (Å²) in [6.45, 7) is 0. The number of hydrogen-bond donors (Lipinski definition) is 4. The predicted octanol–water partition coefficient (Wildman–Crippen LogP) is 0.593. The molecule has 20 heavy (non-hydrogen) atoms. The van der Waals surface area contributed by atoms with E-state index in [1.165, 1.54) is 37.9 Å². The van der Waals surface area contributed by atoms with Crippen LogP contribution in [0.4, 0.5) is 0 Å². The lowest BCUT2D eigenvalue weighted by molar-refractivity contribution is 0.0947. The van der Waals surface area contributed by atoms with Crippen molar-refractivity contribution in [2.24, 2.45) is 5.10 Å². The fraction of sp³-hybridized carbons (Fsp3) is 0.0833. The van der Waals surface area contributed by atoms with Crippen LogP contribution in [-0.4, -0.2) is 39.4 Å². The number of ether oxygens (including phenoxy) is 1. The average molecular weight is 276 g/mol. The SMILES string of the molecule is COc1nc[nH]c1C(=O)N/N=C\c1ccc(O)cc1O. The first kappa shape index (κ1) is 13.4. The van der Waals surface area contributed by atoms with Crippen molar-refractivity contribution in [3.8, 4) is 17.4 Å². The molecule has 4 N–H and O–H groups in total. The largest absolute Gasteiger partial charge is 0.508 e. The second-order valence-corrected chi connectivity index (χ2v) is 3.73. The maximum absolute atomic E-state index is 11.7. The zero-order valence-corrected chi connectivity index (χ0v) is 10.5. The van der Waals surface area contributed by atoms with E-state index in [2.05, 4.69) is 20.5 Å². The molecule has 8 heteroatoms. The van der Waals surface area contributed by atoms with Crippen molar-refractivity contribution >= 4 is 12.1 Å². The molecule has 0 atom stereocenters. The van der Waals surface area contributed by atoms with E-state index < -0.39 is 5.91 Å². The molecule has 104 valence electrons. The van der Waals surface area contributed by atoms with Crippen LogP contribution >= 0.6 is 0 Å². The number of nitrogens with one attached hydrogen (secondary N) is 2. The maximum Gasteiger partial charge on any atom is 0.293 e. The van der Waals surface area contributed by atoms with E-state index in [1.54, 1.807) is 0 Å². The van der Waals surface area contributed by atoms with Crippen LogP contribution in [0.3, 0.4) is 0 Å². The van der Waals surface area contributed by atoms with E-state index >= 15 is 0 Å². The number of carbonyl (C=O) groups excluding carboxylic acids is 1. The topological polar surface area (TPSA) is 120 Å². The fourth-order valence-corrected chi connectivity index (χ4v) is 1.46. The van der Waals surface area contributed by atoms with Gasteiger partial charge in [-0.2, -0.15) is 5.10 Å². The summed E-state index contributed by atoms with van der Waals surface area (Å²) < 4.78 is 4.88. The van der Waals surface area contributed by atoms with Crippen molar-refractivity contribution in [1.82, 2.24) is 15.4 Å². The van der Waals surface area contributed by atoms with E-state index in [0.29, 0.717) is 5.56 Å². The van der Waals surface area contributed by atoms with Crippen molar-refractivity contribution < 1.29 is 19.7 Å². The molecule has 0 spiro atoms. The summed E-state index contributed by atoms with van der Waals surface area (Å²) in [6.07, 6.45) is 2.57. The number of H-pyrrole nitrogens is 1. The van der Waals surface area contributed by atoms with E-state index in [-0.39, 0.29) is 23.1 Å². The first-order valence-corrected chi connectivity index (χ1v) is 5.54. The summed E-state index contributed by atoms with van der Waals surface area (Å²) in [6, 6.07) is 4.01. The molecule has 0 fully saturated rings. The van der Waals surface area contributed by atoms with Crippen molar-refractivity contribution in [3.63, 3.8) is 0 Å². The third-order valence-corrected chi connectivity index (χ3v) is 2.41. The summed E-state index contributed by atoms with van der Waals surface area (Å²) >= 11 is 0. The van der Waals surface area contributed by atoms with Crippen LogP contribution in [0.2, 0.25) is 0 Å². The predicted molar refractivity (Wildman–Crippen MR) is 70.0 cm³/mol. The molecule has 0 radical (unpaired) electrons. The van der Waals surface area contributed by atoms with Gasteiger partial charge in [0, 0.05) is 11.6 Å². The Bertz CT molecular complexity index is 651. The molecule has 0 saturated carbocycles. The van der Waals surface area contributed by atoms with Gasteiger partial charge in [0.2, 0.25) is 5.88 Å². The number of hydrogen-bond acceptors (Lipinski definition) is 6. The van der Waals surface area contributed by atoms with Gasteiger partial charge in [0.15, 0.2) is 5.69 Å². The van der Waals surface area contributed by atoms with E-state index in [1.807, 2.05) is 0 Å². The van der Waals surface area contributed by atoms with Gasteiger partial charge in [-0.25, -0.2) is 10.4 Å². The summed E-state index contributed by atoms with van der Waals surface area (Å²) in [7, 11) is 1.39. The highest BCUT2D eigenvalue weighted by Gasteiger charge is 2.13. The zero-order valence-electron chi connectivity index (χ0n) is 10.5. The van der Waals surface area contributed by atoms with E-state index in [4.69, 9.17) is 9.84 Å². The van der Waals surface area contributed by atoms with E-state index in [9.17, 15) is 9.90 Å². The lowest BCUT2D eigenvalue weighted by Gasteiger charge is -2.01. The number of rotatable bonds is 4. The second kappa shape index (κ2) is 5.74. The Hall–Kier alpha value is -3.03. The summed E-state index contributed by atoms with van der Waals surface area (Å²) in [4.78, 5) is 18.1. The minimum Gasteiger partial charge on any atom is -0.508 e. The molecule has 0 aliphatic carbocycles.